The molecule has 0 fully saturated rings. The molecule has 0 bridgehead atoms. The van der Waals surface area contributed by atoms with E-state index in [4.69, 9.17) is 16.3 Å². The minimum atomic E-state index is 0.655. The Hall–Kier alpha value is -2.30. The van der Waals surface area contributed by atoms with Crippen molar-refractivity contribution in [3.05, 3.63) is 58.7 Å². The zero-order valence-corrected chi connectivity index (χ0v) is 14.8. The van der Waals surface area contributed by atoms with Crippen molar-refractivity contribution in [2.75, 3.05) is 7.11 Å². The SMILES string of the molecule is COc1cc(Cl)ccc1-c1c[nH]c2nccc(-c3ccc(C)s3)c12. The molecule has 3 aromatic heterocycles. The lowest BCUT2D eigenvalue weighted by atomic mass is 10.0. The summed E-state index contributed by atoms with van der Waals surface area (Å²) in [7, 11) is 1.66. The summed E-state index contributed by atoms with van der Waals surface area (Å²) in [5, 5.41) is 1.75. The number of H-pyrrole nitrogens is 1. The minimum Gasteiger partial charge on any atom is -0.496 e. The van der Waals surface area contributed by atoms with E-state index in [1.54, 1.807) is 18.4 Å². The lowest BCUT2D eigenvalue weighted by Crippen LogP contribution is -1.88. The first-order valence-electron chi connectivity index (χ1n) is 7.54. The predicted octanol–water partition coefficient (Wildman–Crippen LogP) is 5.93. The molecule has 0 atom stereocenters. The molecule has 1 N–H and O–H groups in total. The molecule has 0 aliphatic carbocycles. The molecule has 0 saturated heterocycles. The summed E-state index contributed by atoms with van der Waals surface area (Å²) in [6.07, 6.45) is 3.82. The standard InChI is InChI=1S/C19H15ClN2OS/c1-11-3-6-17(24-11)14-7-8-21-19-18(14)15(10-22-19)13-5-4-12(20)9-16(13)23-2/h3-10H,1-2H3,(H,21,22). The van der Waals surface area contributed by atoms with Crippen LogP contribution in [0.2, 0.25) is 5.02 Å². The Morgan fingerprint density at radius 3 is 2.71 bits per heavy atom. The fourth-order valence-corrected chi connectivity index (χ4v) is 4.00. The van der Waals surface area contributed by atoms with Crippen molar-refractivity contribution in [3.8, 4) is 27.3 Å². The summed E-state index contributed by atoms with van der Waals surface area (Å²) < 4.78 is 5.53. The van der Waals surface area contributed by atoms with Gasteiger partial charge in [-0.1, -0.05) is 11.6 Å². The van der Waals surface area contributed by atoms with Gasteiger partial charge in [-0.15, -0.1) is 11.3 Å². The van der Waals surface area contributed by atoms with E-state index in [1.165, 1.54) is 15.3 Å². The minimum absolute atomic E-state index is 0.655. The third-order valence-electron chi connectivity index (χ3n) is 4.03. The lowest BCUT2D eigenvalue weighted by Gasteiger charge is -2.09. The maximum atomic E-state index is 6.11. The molecule has 24 heavy (non-hydrogen) atoms. The second kappa shape index (κ2) is 5.96. The number of aromatic amines is 1. The van der Waals surface area contributed by atoms with Crippen LogP contribution in [-0.2, 0) is 0 Å². The number of hydrogen-bond donors (Lipinski definition) is 1. The van der Waals surface area contributed by atoms with E-state index in [0.29, 0.717) is 5.02 Å². The van der Waals surface area contributed by atoms with E-state index >= 15 is 0 Å². The normalized spacial score (nSPS) is 11.1. The number of methoxy groups -OCH3 is 1. The highest BCUT2D eigenvalue weighted by Crippen LogP contribution is 2.41. The highest BCUT2D eigenvalue weighted by Gasteiger charge is 2.16. The molecule has 0 amide bonds. The highest BCUT2D eigenvalue weighted by molar-refractivity contribution is 7.15. The molecular formula is C19H15ClN2OS. The van der Waals surface area contributed by atoms with Crippen LogP contribution in [-0.4, -0.2) is 17.1 Å². The Morgan fingerprint density at radius 1 is 1.08 bits per heavy atom. The maximum Gasteiger partial charge on any atom is 0.138 e. The molecular weight excluding hydrogens is 340 g/mol. The van der Waals surface area contributed by atoms with Gasteiger partial charge in [-0.3, -0.25) is 0 Å². The molecule has 0 aliphatic rings. The molecule has 0 spiro atoms. The topological polar surface area (TPSA) is 37.9 Å². The van der Waals surface area contributed by atoms with E-state index in [0.717, 1.165) is 27.9 Å². The summed E-state index contributed by atoms with van der Waals surface area (Å²) in [6, 6.07) is 12.1. The van der Waals surface area contributed by atoms with Crippen molar-refractivity contribution < 1.29 is 4.74 Å². The van der Waals surface area contributed by atoms with Crippen LogP contribution in [0.1, 0.15) is 4.88 Å². The van der Waals surface area contributed by atoms with Gasteiger partial charge >= 0.3 is 0 Å². The summed E-state index contributed by atoms with van der Waals surface area (Å²) >= 11 is 7.89. The third-order valence-corrected chi connectivity index (χ3v) is 5.30. The van der Waals surface area contributed by atoms with Crippen LogP contribution in [0.15, 0.2) is 48.8 Å². The van der Waals surface area contributed by atoms with Crippen molar-refractivity contribution in [3.63, 3.8) is 0 Å². The molecule has 1 aromatic carbocycles. The number of hydrogen-bond acceptors (Lipinski definition) is 3. The molecule has 0 unspecified atom stereocenters. The lowest BCUT2D eigenvalue weighted by molar-refractivity contribution is 0.416. The Labute approximate surface area is 148 Å². The average molecular weight is 355 g/mol. The number of ether oxygens (including phenoxy) is 1. The molecule has 0 saturated carbocycles. The van der Waals surface area contributed by atoms with Crippen molar-refractivity contribution in [1.82, 2.24) is 9.97 Å². The van der Waals surface area contributed by atoms with E-state index in [-0.39, 0.29) is 0 Å². The number of nitrogens with zero attached hydrogens (tertiary/aromatic N) is 1. The van der Waals surface area contributed by atoms with E-state index in [1.807, 2.05) is 30.6 Å². The summed E-state index contributed by atoms with van der Waals surface area (Å²) in [5.74, 6) is 0.751. The first-order valence-corrected chi connectivity index (χ1v) is 8.73. The van der Waals surface area contributed by atoms with Crippen molar-refractivity contribution in [1.29, 1.82) is 0 Å². The molecule has 3 heterocycles. The maximum absolute atomic E-state index is 6.11. The van der Waals surface area contributed by atoms with Gasteiger partial charge in [0.15, 0.2) is 0 Å². The second-order valence-corrected chi connectivity index (χ2v) is 7.26. The monoisotopic (exact) mass is 354 g/mol. The van der Waals surface area contributed by atoms with Gasteiger partial charge in [0.25, 0.3) is 0 Å². The zero-order chi connectivity index (χ0) is 16.7. The van der Waals surface area contributed by atoms with Crippen LogP contribution >= 0.6 is 22.9 Å². The number of halogens is 1. The quantitative estimate of drug-likeness (QED) is 0.495. The van der Waals surface area contributed by atoms with Gasteiger partial charge in [-0.05, 0) is 43.3 Å². The molecule has 5 heteroatoms. The van der Waals surface area contributed by atoms with Crippen LogP contribution in [0.3, 0.4) is 0 Å². The van der Waals surface area contributed by atoms with Crippen molar-refractivity contribution in [2.24, 2.45) is 0 Å². The highest BCUT2D eigenvalue weighted by atomic mass is 35.5. The first-order chi connectivity index (χ1) is 11.7. The number of rotatable bonds is 3. The van der Waals surface area contributed by atoms with Gasteiger partial charge in [-0.2, -0.15) is 0 Å². The number of nitrogens with one attached hydrogen (secondary N) is 1. The molecule has 3 nitrogen and oxygen atoms in total. The number of fused-ring (bicyclic) bond motifs is 1. The Morgan fingerprint density at radius 2 is 1.96 bits per heavy atom. The number of thiophene rings is 1. The summed E-state index contributed by atoms with van der Waals surface area (Å²) in [4.78, 5) is 10.3. The van der Waals surface area contributed by atoms with Gasteiger partial charge in [0.2, 0.25) is 0 Å². The van der Waals surface area contributed by atoms with Gasteiger partial charge < -0.3 is 9.72 Å². The molecule has 120 valence electrons. The largest absolute Gasteiger partial charge is 0.496 e. The smallest absolute Gasteiger partial charge is 0.138 e. The van der Waals surface area contributed by atoms with Gasteiger partial charge in [0.1, 0.15) is 11.4 Å². The molecule has 0 aliphatic heterocycles. The molecule has 0 radical (unpaired) electrons. The van der Waals surface area contributed by atoms with E-state index < -0.39 is 0 Å². The van der Waals surface area contributed by atoms with E-state index in [2.05, 4.69) is 35.1 Å². The summed E-state index contributed by atoms with van der Waals surface area (Å²) in [6.45, 7) is 2.12. The van der Waals surface area contributed by atoms with Gasteiger partial charge in [0, 0.05) is 49.2 Å². The summed E-state index contributed by atoms with van der Waals surface area (Å²) in [5.41, 5.74) is 4.10. The fourth-order valence-electron chi connectivity index (χ4n) is 2.94. The van der Waals surface area contributed by atoms with Gasteiger partial charge in [0.05, 0.1) is 7.11 Å². The first kappa shape index (κ1) is 15.2. The van der Waals surface area contributed by atoms with Crippen LogP contribution in [0.25, 0.3) is 32.6 Å². The van der Waals surface area contributed by atoms with Crippen molar-refractivity contribution in [2.45, 2.75) is 6.92 Å². The van der Waals surface area contributed by atoms with Crippen molar-refractivity contribution >= 4 is 34.0 Å². The zero-order valence-electron chi connectivity index (χ0n) is 13.3. The number of pyridine rings is 1. The predicted molar refractivity (Wildman–Crippen MR) is 101 cm³/mol. The van der Waals surface area contributed by atoms with Gasteiger partial charge in [-0.25, -0.2) is 4.98 Å². The Bertz CT molecular complexity index is 1030. The third kappa shape index (κ3) is 2.48. The molecule has 4 aromatic rings. The fraction of sp³-hybridized carbons (Fsp3) is 0.105. The van der Waals surface area contributed by atoms with Crippen LogP contribution in [0.5, 0.6) is 5.75 Å². The number of benzene rings is 1. The Kier molecular flexibility index (Phi) is 3.79. The average Bonchev–Trinajstić information content (AvgIpc) is 3.21. The Balaban J connectivity index is 2.01. The van der Waals surface area contributed by atoms with Crippen LogP contribution in [0.4, 0.5) is 0 Å². The van der Waals surface area contributed by atoms with Crippen LogP contribution < -0.4 is 4.74 Å². The molecule has 4 rings (SSSR count). The second-order valence-electron chi connectivity index (χ2n) is 5.54. The van der Waals surface area contributed by atoms with Crippen LogP contribution in [0, 0.1) is 6.92 Å². The van der Waals surface area contributed by atoms with E-state index in [9.17, 15) is 0 Å². The number of aryl methyl sites for hydroxylation is 1. The number of aromatic nitrogens is 2.